The van der Waals surface area contributed by atoms with Crippen LogP contribution in [0.1, 0.15) is 38.3 Å². The number of aryl methyl sites for hydroxylation is 1. The van der Waals surface area contributed by atoms with Gasteiger partial charge in [-0.1, -0.05) is 13.8 Å². The van der Waals surface area contributed by atoms with Gasteiger partial charge in [0.25, 0.3) is 0 Å². The van der Waals surface area contributed by atoms with E-state index in [1.165, 1.54) is 0 Å². The lowest BCUT2D eigenvalue weighted by molar-refractivity contribution is 0.193. The van der Waals surface area contributed by atoms with Crippen molar-refractivity contribution >= 4 is 5.84 Å². The Morgan fingerprint density at radius 2 is 2.00 bits per heavy atom. The fraction of sp³-hybridized carbons (Fsp3) is 0.500. The van der Waals surface area contributed by atoms with Crippen LogP contribution in [0, 0.1) is 18.3 Å². The molecule has 0 amide bonds. The van der Waals surface area contributed by atoms with Crippen molar-refractivity contribution in [2.24, 2.45) is 11.7 Å². The van der Waals surface area contributed by atoms with Crippen molar-refractivity contribution in [3.05, 3.63) is 29.3 Å². The molecule has 1 rings (SSSR count). The normalized spacial score (nSPS) is 12.5. The van der Waals surface area contributed by atoms with E-state index in [9.17, 15) is 0 Å². The smallest absolute Gasteiger partial charge is 0.123 e. The molecule has 1 unspecified atom stereocenters. The molecule has 0 aliphatic rings. The number of nitrogens with one attached hydrogen (secondary N) is 1. The van der Waals surface area contributed by atoms with Gasteiger partial charge in [-0.25, -0.2) is 0 Å². The second kappa shape index (κ2) is 5.71. The molecule has 0 saturated heterocycles. The third kappa shape index (κ3) is 4.10. The molecule has 17 heavy (non-hydrogen) atoms. The van der Waals surface area contributed by atoms with E-state index in [1.807, 2.05) is 25.1 Å². The van der Waals surface area contributed by atoms with Crippen molar-refractivity contribution in [1.29, 1.82) is 5.41 Å². The molecule has 0 aliphatic carbocycles. The number of benzene rings is 1. The largest absolute Gasteiger partial charge is 0.491 e. The summed E-state index contributed by atoms with van der Waals surface area (Å²) in [7, 11) is 0. The molecule has 0 aliphatic heterocycles. The van der Waals surface area contributed by atoms with Gasteiger partial charge < -0.3 is 10.5 Å². The van der Waals surface area contributed by atoms with Gasteiger partial charge in [0.1, 0.15) is 11.6 Å². The highest BCUT2D eigenvalue weighted by Gasteiger charge is 2.08. The number of hydrogen-bond acceptors (Lipinski definition) is 2. The second-order valence-corrected chi connectivity index (χ2v) is 4.95. The van der Waals surface area contributed by atoms with Gasteiger partial charge >= 0.3 is 0 Å². The molecule has 3 nitrogen and oxygen atoms in total. The van der Waals surface area contributed by atoms with Gasteiger partial charge in [0.2, 0.25) is 0 Å². The monoisotopic (exact) mass is 234 g/mol. The van der Waals surface area contributed by atoms with Crippen LogP contribution in [0.3, 0.4) is 0 Å². The summed E-state index contributed by atoms with van der Waals surface area (Å²) in [6, 6.07) is 5.66. The third-order valence-corrected chi connectivity index (χ3v) is 2.63. The number of nitrogens with two attached hydrogens (primary N) is 1. The maximum atomic E-state index is 7.42. The summed E-state index contributed by atoms with van der Waals surface area (Å²) in [4.78, 5) is 0. The van der Waals surface area contributed by atoms with E-state index < -0.39 is 0 Å². The standard InChI is InChI=1S/C14H22N2O/c1-9(2)7-11(4)17-12-5-6-13(14(15)16)10(3)8-12/h5-6,8-9,11H,7H2,1-4H3,(H3,15,16). The predicted molar refractivity (Wildman–Crippen MR) is 71.7 cm³/mol. The first-order chi connectivity index (χ1) is 7.90. The van der Waals surface area contributed by atoms with E-state index >= 15 is 0 Å². The molecule has 94 valence electrons. The summed E-state index contributed by atoms with van der Waals surface area (Å²) in [5.74, 6) is 1.58. The molecule has 0 radical (unpaired) electrons. The number of rotatable bonds is 5. The zero-order chi connectivity index (χ0) is 13.0. The van der Waals surface area contributed by atoms with Crippen LogP contribution in [0.25, 0.3) is 0 Å². The molecule has 1 aromatic carbocycles. The average Bonchev–Trinajstić information content (AvgIpc) is 2.15. The number of nitrogen functional groups attached to an aromatic ring is 1. The number of amidine groups is 1. The van der Waals surface area contributed by atoms with Crippen LogP contribution < -0.4 is 10.5 Å². The average molecular weight is 234 g/mol. The molecule has 1 aromatic rings. The van der Waals surface area contributed by atoms with Gasteiger partial charge in [-0.15, -0.1) is 0 Å². The Morgan fingerprint density at radius 3 is 2.47 bits per heavy atom. The Morgan fingerprint density at radius 1 is 1.35 bits per heavy atom. The highest BCUT2D eigenvalue weighted by atomic mass is 16.5. The first kappa shape index (κ1) is 13.6. The van der Waals surface area contributed by atoms with Crippen LogP contribution in [-0.4, -0.2) is 11.9 Å². The van der Waals surface area contributed by atoms with E-state index in [0.29, 0.717) is 5.92 Å². The molecular formula is C14H22N2O. The summed E-state index contributed by atoms with van der Waals surface area (Å²) >= 11 is 0. The van der Waals surface area contributed by atoms with Crippen molar-refractivity contribution in [2.45, 2.75) is 40.2 Å². The van der Waals surface area contributed by atoms with Crippen LogP contribution in [0.4, 0.5) is 0 Å². The Kier molecular flexibility index (Phi) is 4.55. The van der Waals surface area contributed by atoms with Crippen LogP contribution in [-0.2, 0) is 0 Å². The van der Waals surface area contributed by atoms with Crippen LogP contribution in [0.5, 0.6) is 5.75 Å². The maximum absolute atomic E-state index is 7.42. The predicted octanol–water partition coefficient (Wildman–Crippen LogP) is 3.09. The Balaban J connectivity index is 2.74. The molecule has 0 heterocycles. The lowest BCUT2D eigenvalue weighted by Gasteiger charge is -2.17. The lowest BCUT2D eigenvalue weighted by Crippen LogP contribution is -2.16. The summed E-state index contributed by atoms with van der Waals surface area (Å²) in [5.41, 5.74) is 7.22. The fourth-order valence-electron chi connectivity index (χ4n) is 1.96. The van der Waals surface area contributed by atoms with Gasteiger partial charge in [0.15, 0.2) is 0 Å². The molecule has 0 bridgehead atoms. The fourth-order valence-corrected chi connectivity index (χ4v) is 1.96. The van der Waals surface area contributed by atoms with Crippen molar-refractivity contribution in [2.75, 3.05) is 0 Å². The van der Waals surface area contributed by atoms with E-state index in [2.05, 4.69) is 20.8 Å². The lowest BCUT2D eigenvalue weighted by atomic mass is 10.1. The van der Waals surface area contributed by atoms with Crippen LogP contribution in [0.2, 0.25) is 0 Å². The van der Waals surface area contributed by atoms with Crippen molar-refractivity contribution in [3.8, 4) is 5.75 Å². The van der Waals surface area contributed by atoms with Gasteiger partial charge in [-0.3, -0.25) is 5.41 Å². The number of ether oxygens (including phenoxy) is 1. The third-order valence-electron chi connectivity index (χ3n) is 2.63. The highest BCUT2D eigenvalue weighted by Crippen LogP contribution is 2.19. The van der Waals surface area contributed by atoms with E-state index in [-0.39, 0.29) is 11.9 Å². The first-order valence-electron chi connectivity index (χ1n) is 6.02. The zero-order valence-electron chi connectivity index (χ0n) is 11.1. The summed E-state index contributed by atoms with van der Waals surface area (Å²) < 4.78 is 5.83. The van der Waals surface area contributed by atoms with Crippen LogP contribution >= 0.6 is 0 Å². The van der Waals surface area contributed by atoms with Gasteiger partial charge in [0.05, 0.1) is 6.10 Å². The van der Waals surface area contributed by atoms with E-state index in [4.69, 9.17) is 15.9 Å². The molecule has 0 aromatic heterocycles. The summed E-state index contributed by atoms with van der Waals surface area (Å²) in [6.07, 6.45) is 1.24. The minimum atomic E-state index is 0.101. The molecular weight excluding hydrogens is 212 g/mol. The Bertz CT molecular complexity index is 399. The minimum absolute atomic E-state index is 0.101. The Labute approximate surface area is 103 Å². The molecule has 0 spiro atoms. The molecule has 3 heteroatoms. The van der Waals surface area contributed by atoms with E-state index in [0.717, 1.165) is 23.3 Å². The van der Waals surface area contributed by atoms with Gasteiger partial charge in [-0.2, -0.15) is 0 Å². The van der Waals surface area contributed by atoms with Crippen molar-refractivity contribution in [3.63, 3.8) is 0 Å². The number of hydrogen-bond donors (Lipinski definition) is 2. The van der Waals surface area contributed by atoms with Gasteiger partial charge in [-0.05, 0) is 49.9 Å². The molecule has 0 fully saturated rings. The van der Waals surface area contributed by atoms with E-state index in [1.54, 1.807) is 0 Å². The van der Waals surface area contributed by atoms with Crippen molar-refractivity contribution in [1.82, 2.24) is 0 Å². The quantitative estimate of drug-likeness (QED) is 0.607. The highest BCUT2D eigenvalue weighted by molar-refractivity contribution is 5.96. The topological polar surface area (TPSA) is 59.1 Å². The first-order valence-corrected chi connectivity index (χ1v) is 6.02. The van der Waals surface area contributed by atoms with Crippen LogP contribution in [0.15, 0.2) is 18.2 Å². The summed E-state index contributed by atoms with van der Waals surface area (Å²) in [5, 5.41) is 7.42. The zero-order valence-corrected chi connectivity index (χ0v) is 11.1. The minimum Gasteiger partial charge on any atom is -0.491 e. The second-order valence-electron chi connectivity index (χ2n) is 4.95. The SMILES string of the molecule is Cc1cc(OC(C)CC(C)C)ccc1C(=N)N. The summed E-state index contributed by atoms with van der Waals surface area (Å²) in [6.45, 7) is 8.39. The molecule has 0 saturated carbocycles. The Hall–Kier alpha value is -1.51. The molecule has 1 atom stereocenters. The molecule has 3 N–H and O–H groups in total. The van der Waals surface area contributed by atoms with Crippen molar-refractivity contribution < 1.29 is 4.74 Å². The van der Waals surface area contributed by atoms with Gasteiger partial charge in [0, 0.05) is 5.56 Å². The maximum Gasteiger partial charge on any atom is 0.123 e.